The lowest BCUT2D eigenvalue weighted by molar-refractivity contribution is 0.165. The van der Waals surface area contributed by atoms with Crippen LogP contribution in [0.15, 0.2) is 24.3 Å². The van der Waals surface area contributed by atoms with Gasteiger partial charge in [-0.3, -0.25) is 0 Å². The van der Waals surface area contributed by atoms with Gasteiger partial charge < -0.3 is 10.4 Å². The van der Waals surface area contributed by atoms with Crippen LogP contribution in [0.2, 0.25) is 0 Å². The second-order valence-electron chi connectivity index (χ2n) is 2.75. The molecule has 1 rings (SSSR count). The summed E-state index contributed by atoms with van der Waals surface area (Å²) >= 11 is 0. The molecule has 4 nitrogen and oxygen atoms in total. The summed E-state index contributed by atoms with van der Waals surface area (Å²) in [5.74, 6) is 0.157. The van der Waals surface area contributed by atoms with Crippen molar-refractivity contribution in [2.24, 2.45) is 0 Å². The number of amides is 1. The minimum atomic E-state index is -1.31. The van der Waals surface area contributed by atoms with Crippen LogP contribution in [-0.2, 0) is 5.11 Å². The van der Waals surface area contributed by atoms with Crippen LogP contribution >= 0.6 is 0 Å². The smallest absolute Gasteiger partial charge is 0.451 e. The summed E-state index contributed by atoms with van der Waals surface area (Å²) in [6.07, 6.45) is -1.31. The highest BCUT2D eigenvalue weighted by Crippen LogP contribution is 2.15. The molecule has 1 aromatic carbocycles. The van der Waals surface area contributed by atoms with Crippen LogP contribution in [-0.4, -0.2) is 11.2 Å². The van der Waals surface area contributed by atoms with E-state index in [4.69, 9.17) is 5.11 Å². The zero-order valence-corrected chi connectivity index (χ0v) is 7.15. The Morgan fingerprint density at radius 2 is 1.92 bits per heavy atom. The zero-order valence-electron chi connectivity index (χ0n) is 7.15. The molecule has 0 aliphatic carbocycles. The second kappa shape index (κ2) is 3.80. The van der Waals surface area contributed by atoms with Gasteiger partial charge in [0.05, 0.1) is 6.04 Å². The highest BCUT2D eigenvalue weighted by Gasteiger charge is 2.08. The normalized spacial score (nSPS) is 12.1. The van der Waals surface area contributed by atoms with Gasteiger partial charge in [0.2, 0.25) is 0 Å². The Labute approximate surface area is 75.8 Å². The first-order valence-electron chi connectivity index (χ1n) is 3.86. The van der Waals surface area contributed by atoms with Gasteiger partial charge in [-0.1, -0.05) is 12.1 Å². The lowest BCUT2D eigenvalue weighted by Gasteiger charge is -2.10. The number of aromatic hydroxyl groups is 1. The maximum absolute atomic E-state index is 10.2. The quantitative estimate of drug-likeness (QED) is 0.725. The third-order valence-electron chi connectivity index (χ3n) is 1.73. The predicted octanol–water partition coefficient (Wildman–Crippen LogP) is 1.59. The van der Waals surface area contributed by atoms with E-state index in [-0.39, 0.29) is 11.8 Å². The van der Waals surface area contributed by atoms with E-state index in [1.54, 1.807) is 19.1 Å². The largest absolute Gasteiger partial charge is 0.508 e. The molecule has 0 aliphatic rings. The summed E-state index contributed by atoms with van der Waals surface area (Å²) in [4.78, 5) is 10.2. The van der Waals surface area contributed by atoms with Crippen LogP contribution in [0.1, 0.15) is 18.5 Å². The number of phenols is 1. The molecule has 0 bridgehead atoms. The summed E-state index contributed by atoms with van der Waals surface area (Å²) in [5.41, 5.74) is 0.780. The van der Waals surface area contributed by atoms with E-state index in [2.05, 4.69) is 5.32 Å². The molecule has 69 valence electrons. The van der Waals surface area contributed by atoms with Crippen molar-refractivity contribution in [2.75, 3.05) is 0 Å². The molecular formula is C9H10NO3. The van der Waals surface area contributed by atoms with Crippen molar-refractivity contribution in [1.29, 1.82) is 0 Å². The van der Waals surface area contributed by atoms with E-state index in [1.807, 2.05) is 0 Å². The Morgan fingerprint density at radius 3 is 2.38 bits per heavy atom. The molecular weight excluding hydrogens is 170 g/mol. The van der Waals surface area contributed by atoms with Crippen molar-refractivity contribution in [3.05, 3.63) is 29.8 Å². The number of nitrogens with one attached hydrogen (secondary N) is 1. The molecule has 0 spiro atoms. The van der Waals surface area contributed by atoms with Crippen molar-refractivity contribution in [3.8, 4) is 5.75 Å². The lowest BCUT2D eigenvalue weighted by Crippen LogP contribution is -2.23. The second-order valence-corrected chi connectivity index (χ2v) is 2.75. The molecule has 4 heteroatoms. The predicted molar refractivity (Wildman–Crippen MR) is 45.7 cm³/mol. The van der Waals surface area contributed by atoms with Crippen LogP contribution in [0.3, 0.4) is 0 Å². The van der Waals surface area contributed by atoms with Gasteiger partial charge in [0.15, 0.2) is 0 Å². The molecule has 0 saturated carbocycles. The third-order valence-corrected chi connectivity index (χ3v) is 1.73. The minimum absolute atomic E-state index is 0.157. The van der Waals surface area contributed by atoms with E-state index in [0.717, 1.165) is 5.56 Å². The number of rotatable bonds is 2. The van der Waals surface area contributed by atoms with Gasteiger partial charge in [0, 0.05) is 0 Å². The molecule has 1 amide bonds. The van der Waals surface area contributed by atoms with E-state index in [9.17, 15) is 9.90 Å². The van der Waals surface area contributed by atoms with Crippen LogP contribution in [0.25, 0.3) is 0 Å². The first-order valence-corrected chi connectivity index (χ1v) is 3.86. The zero-order chi connectivity index (χ0) is 9.84. The maximum Gasteiger partial charge on any atom is 0.451 e. The van der Waals surface area contributed by atoms with Gasteiger partial charge in [-0.15, -0.1) is 0 Å². The first-order chi connectivity index (χ1) is 6.09. The maximum atomic E-state index is 10.2. The van der Waals surface area contributed by atoms with Gasteiger partial charge in [-0.2, -0.15) is 0 Å². The fraction of sp³-hybridized carbons (Fsp3) is 0.222. The van der Waals surface area contributed by atoms with E-state index in [1.165, 1.54) is 12.1 Å². The van der Waals surface area contributed by atoms with Crippen molar-refractivity contribution in [1.82, 2.24) is 5.32 Å². The number of hydrogen-bond acceptors (Lipinski definition) is 2. The highest BCUT2D eigenvalue weighted by molar-refractivity contribution is 5.64. The summed E-state index contributed by atoms with van der Waals surface area (Å²) in [6.45, 7) is 1.70. The van der Waals surface area contributed by atoms with Crippen molar-refractivity contribution in [2.45, 2.75) is 13.0 Å². The summed E-state index contributed by atoms with van der Waals surface area (Å²) in [7, 11) is 0. The molecule has 1 unspecified atom stereocenters. The summed E-state index contributed by atoms with van der Waals surface area (Å²) in [6, 6.07) is 5.97. The van der Waals surface area contributed by atoms with E-state index in [0.29, 0.717) is 0 Å². The SMILES string of the molecule is CC(NC([O])=O)c1ccc(O)cc1. The Hall–Kier alpha value is -1.71. The molecule has 0 aromatic heterocycles. The molecule has 1 aromatic rings. The van der Waals surface area contributed by atoms with E-state index >= 15 is 0 Å². The van der Waals surface area contributed by atoms with Gasteiger partial charge in [-0.05, 0) is 24.6 Å². The lowest BCUT2D eigenvalue weighted by atomic mass is 10.1. The van der Waals surface area contributed by atoms with Gasteiger partial charge in [0.1, 0.15) is 5.75 Å². The summed E-state index contributed by atoms with van der Waals surface area (Å²) < 4.78 is 0. The number of hydrogen-bond donors (Lipinski definition) is 2. The first kappa shape index (κ1) is 9.38. The monoisotopic (exact) mass is 180 g/mol. The molecule has 0 aliphatic heterocycles. The molecule has 0 fully saturated rings. The van der Waals surface area contributed by atoms with Gasteiger partial charge in [-0.25, -0.2) is 9.90 Å². The third kappa shape index (κ3) is 2.66. The Morgan fingerprint density at radius 1 is 1.38 bits per heavy atom. The highest BCUT2D eigenvalue weighted by atomic mass is 16.4. The summed E-state index contributed by atoms with van der Waals surface area (Å²) in [5, 5.41) is 21.4. The topological polar surface area (TPSA) is 69.2 Å². The number of carbonyl (C=O) groups excluding carboxylic acids is 1. The minimum Gasteiger partial charge on any atom is -0.508 e. The average Bonchev–Trinajstić information content (AvgIpc) is 2.04. The average molecular weight is 180 g/mol. The van der Waals surface area contributed by atoms with Crippen LogP contribution in [0.5, 0.6) is 5.75 Å². The van der Waals surface area contributed by atoms with Crippen LogP contribution in [0.4, 0.5) is 4.79 Å². The van der Waals surface area contributed by atoms with E-state index < -0.39 is 6.09 Å². The standard InChI is InChI=1S/C9H10NO3/c1-6(10-9(12)13)7-2-4-8(11)5-3-7/h2-6,10-11H,1H3. The Bertz CT molecular complexity index is 294. The van der Waals surface area contributed by atoms with Crippen molar-refractivity contribution in [3.63, 3.8) is 0 Å². The van der Waals surface area contributed by atoms with Crippen LogP contribution in [0, 0.1) is 0 Å². The number of carbonyl (C=O) groups is 1. The number of phenolic OH excluding ortho intramolecular Hbond substituents is 1. The van der Waals surface area contributed by atoms with Gasteiger partial charge >= 0.3 is 6.09 Å². The fourth-order valence-corrected chi connectivity index (χ4v) is 1.02. The Kier molecular flexibility index (Phi) is 2.74. The molecule has 1 atom stereocenters. The Balaban J connectivity index is 2.71. The molecule has 2 N–H and O–H groups in total. The molecule has 1 radical (unpaired) electrons. The fourth-order valence-electron chi connectivity index (χ4n) is 1.02. The van der Waals surface area contributed by atoms with Crippen molar-refractivity contribution >= 4 is 6.09 Å². The molecule has 0 heterocycles. The number of benzene rings is 1. The van der Waals surface area contributed by atoms with Crippen LogP contribution < -0.4 is 5.32 Å². The van der Waals surface area contributed by atoms with Crippen molar-refractivity contribution < 1.29 is 15.0 Å². The molecule has 13 heavy (non-hydrogen) atoms. The van der Waals surface area contributed by atoms with Gasteiger partial charge in [0.25, 0.3) is 0 Å². The molecule has 0 saturated heterocycles.